The number of benzene rings is 1. The largest absolute Gasteiger partial charge is 0.314 e. The summed E-state index contributed by atoms with van der Waals surface area (Å²) >= 11 is 0. The fourth-order valence-electron chi connectivity index (χ4n) is 2.94. The molecule has 0 amide bonds. The quantitative estimate of drug-likeness (QED) is 0.908. The Morgan fingerprint density at radius 3 is 2.43 bits per heavy atom. The van der Waals surface area contributed by atoms with Crippen LogP contribution in [0.3, 0.4) is 0 Å². The number of sulfonamides is 1. The van der Waals surface area contributed by atoms with E-state index < -0.39 is 15.8 Å². The molecule has 1 saturated carbocycles. The zero-order valence-corrected chi connectivity index (χ0v) is 13.4. The summed E-state index contributed by atoms with van der Waals surface area (Å²) in [6.45, 7) is 3.00. The first-order chi connectivity index (χ1) is 9.96. The van der Waals surface area contributed by atoms with Crippen LogP contribution in [-0.2, 0) is 10.0 Å². The molecular formula is C15H23FN2O2S. The lowest BCUT2D eigenvalue weighted by molar-refractivity contribution is 0.250. The Kier molecular flexibility index (Phi) is 5.35. The van der Waals surface area contributed by atoms with Gasteiger partial charge < -0.3 is 5.32 Å². The van der Waals surface area contributed by atoms with Crippen molar-refractivity contribution in [3.63, 3.8) is 0 Å². The van der Waals surface area contributed by atoms with Crippen molar-refractivity contribution in [3.05, 3.63) is 30.1 Å². The first-order valence-corrected chi connectivity index (χ1v) is 8.86. The molecule has 1 aliphatic carbocycles. The van der Waals surface area contributed by atoms with E-state index in [1.54, 1.807) is 13.1 Å². The summed E-state index contributed by atoms with van der Waals surface area (Å²) in [7, 11) is -2.21. The van der Waals surface area contributed by atoms with Crippen LogP contribution in [0, 0.1) is 5.82 Å². The molecule has 0 aliphatic heterocycles. The topological polar surface area (TPSA) is 49.4 Å². The monoisotopic (exact) mass is 314 g/mol. The Morgan fingerprint density at radius 1 is 1.24 bits per heavy atom. The Labute approximate surface area is 126 Å². The highest BCUT2D eigenvalue weighted by Gasteiger charge is 2.32. The third-order valence-electron chi connectivity index (χ3n) is 4.20. The third-order valence-corrected chi connectivity index (χ3v) is 6.14. The lowest BCUT2D eigenvalue weighted by atomic mass is 9.91. The second-order valence-electron chi connectivity index (χ2n) is 5.51. The minimum atomic E-state index is -3.76. The average molecular weight is 314 g/mol. The van der Waals surface area contributed by atoms with Gasteiger partial charge in [0.15, 0.2) is 0 Å². The summed E-state index contributed by atoms with van der Waals surface area (Å²) in [5.41, 5.74) is 0. The van der Waals surface area contributed by atoms with Gasteiger partial charge in [0.25, 0.3) is 0 Å². The maximum atomic E-state index is 13.8. The van der Waals surface area contributed by atoms with Crippen LogP contribution in [0.4, 0.5) is 4.39 Å². The molecule has 2 rings (SSSR count). The van der Waals surface area contributed by atoms with Crippen molar-refractivity contribution in [2.45, 2.75) is 49.6 Å². The summed E-state index contributed by atoms with van der Waals surface area (Å²) in [6.07, 6.45) is 3.52. The molecule has 4 nitrogen and oxygen atoms in total. The fraction of sp³-hybridized carbons (Fsp3) is 0.600. The van der Waals surface area contributed by atoms with Crippen molar-refractivity contribution in [2.75, 3.05) is 13.6 Å². The first-order valence-electron chi connectivity index (χ1n) is 7.42. The molecule has 1 aliphatic rings. The molecule has 118 valence electrons. The second kappa shape index (κ2) is 6.85. The predicted octanol–water partition coefficient (Wildman–Crippen LogP) is 2.37. The summed E-state index contributed by atoms with van der Waals surface area (Å²) in [5, 5.41) is 3.40. The molecular weight excluding hydrogens is 291 g/mol. The normalized spacial score (nSPS) is 23.4. The maximum Gasteiger partial charge on any atom is 0.245 e. The number of rotatable bonds is 5. The van der Waals surface area contributed by atoms with Crippen LogP contribution in [-0.4, -0.2) is 38.4 Å². The van der Waals surface area contributed by atoms with Gasteiger partial charge in [0.1, 0.15) is 10.7 Å². The molecule has 1 aromatic carbocycles. The van der Waals surface area contributed by atoms with Crippen molar-refractivity contribution < 1.29 is 12.8 Å². The van der Waals surface area contributed by atoms with Crippen LogP contribution in [0.25, 0.3) is 0 Å². The summed E-state index contributed by atoms with van der Waals surface area (Å²) in [5.74, 6) is -0.689. The van der Waals surface area contributed by atoms with Crippen LogP contribution in [0.2, 0.25) is 0 Å². The standard InChI is InChI=1S/C15H23FN2O2S/c1-3-17-12-8-10-13(11-9-12)18(2)21(19,20)15-7-5-4-6-14(15)16/h4-7,12-13,17H,3,8-11H2,1-2H3. The second-order valence-corrected chi connectivity index (χ2v) is 7.48. The number of halogens is 1. The van der Waals surface area contributed by atoms with E-state index in [4.69, 9.17) is 0 Å². The first kappa shape index (κ1) is 16.4. The molecule has 0 saturated heterocycles. The lowest BCUT2D eigenvalue weighted by Gasteiger charge is -2.34. The number of nitrogens with zero attached hydrogens (tertiary/aromatic N) is 1. The van der Waals surface area contributed by atoms with E-state index >= 15 is 0 Å². The minimum absolute atomic E-state index is 0.0514. The molecule has 0 bridgehead atoms. The van der Waals surface area contributed by atoms with E-state index in [9.17, 15) is 12.8 Å². The predicted molar refractivity (Wildman–Crippen MR) is 81.1 cm³/mol. The summed E-state index contributed by atoms with van der Waals surface area (Å²) in [6, 6.07) is 5.97. The highest BCUT2D eigenvalue weighted by atomic mass is 32.2. The van der Waals surface area contributed by atoms with E-state index in [0.29, 0.717) is 6.04 Å². The Bertz CT molecular complexity index is 569. The van der Waals surface area contributed by atoms with Crippen LogP contribution in [0.15, 0.2) is 29.2 Å². The molecule has 0 aromatic heterocycles. The third kappa shape index (κ3) is 3.62. The number of hydrogen-bond acceptors (Lipinski definition) is 3. The molecule has 0 spiro atoms. The average Bonchev–Trinajstić information content (AvgIpc) is 2.48. The molecule has 21 heavy (non-hydrogen) atoms. The van der Waals surface area contributed by atoms with Gasteiger partial charge in [-0.05, 0) is 44.4 Å². The zero-order chi connectivity index (χ0) is 15.5. The van der Waals surface area contributed by atoms with Crippen molar-refractivity contribution in [3.8, 4) is 0 Å². The minimum Gasteiger partial charge on any atom is -0.314 e. The van der Waals surface area contributed by atoms with Crippen molar-refractivity contribution in [1.82, 2.24) is 9.62 Å². The molecule has 1 fully saturated rings. The fourth-order valence-corrected chi connectivity index (χ4v) is 4.42. The van der Waals surface area contributed by atoms with Crippen LogP contribution >= 0.6 is 0 Å². The van der Waals surface area contributed by atoms with Gasteiger partial charge in [0, 0.05) is 19.1 Å². The molecule has 0 unspecified atom stereocenters. The van der Waals surface area contributed by atoms with Gasteiger partial charge in [-0.2, -0.15) is 4.31 Å². The maximum absolute atomic E-state index is 13.8. The molecule has 0 heterocycles. The van der Waals surface area contributed by atoms with E-state index in [1.165, 1.54) is 22.5 Å². The zero-order valence-electron chi connectivity index (χ0n) is 12.5. The van der Waals surface area contributed by atoms with Gasteiger partial charge >= 0.3 is 0 Å². The molecule has 0 radical (unpaired) electrons. The van der Waals surface area contributed by atoms with Gasteiger partial charge in [-0.15, -0.1) is 0 Å². The lowest BCUT2D eigenvalue weighted by Crippen LogP contribution is -2.43. The van der Waals surface area contributed by atoms with Gasteiger partial charge in [0.2, 0.25) is 10.0 Å². The number of hydrogen-bond donors (Lipinski definition) is 1. The Morgan fingerprint density at radius 2 is 1.86 bits per heavy atom. The highest BCUT2D eigenvalue weighted by Crippen LogP contribution is 2.27. The van der Waals surface area contributed by atoms with Crippen LogP contribution in [0.1, 0.15) is 32.6 Å². The van der Waals surface area contributed by atoms with Crippen molar-refractivity contribution in [2.24, 2.45) is 0 Å². The summed E-state index contributed by atoms with van der Waals surface area (Å²) < 4.78 is 40.2. The van der Waals surface area contributed by atoms with E-state index in [0.717, 1.165) is 32.2 Å². The molecule has 1 aromatic rings. The molecule has 0 atom stereocenters. The Balaban J connectivity index is 2.10. The van der Waals surface area contributed by atoms with Crippen LogP contribution < -0.4 is 5.32 Å². The van der Waals surface area contributed by atoms with Gasteiger partial charge in [-0.1, -0.05) is 19.1 Å². The van der Waals surface area contributed by atoms with Gasteiger partial charge in [0.05, 0.1) is 0 Å². The Hall–Kier alpha value is -0.980. The van der Waals surface area contributed by atoms with Crippen molar-refractivity contribution >= 4 is 10.0 Å². The van der Waals surface area contributed by atoms with Crippen LogP contribution in [0.5, 0.6) is 0 Å². The smallest absolute Gasteiger partial charge is 0.245 e. The molecule has 1 N–H and O–H groups in total. The summed E-state index contributed by atoms with van der Waals surface area (Å²) in [4.78, 5) is -0.235. The van der Waals surface area contributed by atoms with Gasteiger partial charge in [-0.3, -0.25) is 0 Å². The van der Waals surface area contributed by atoms with E-state index in [2.05, 4.69) is 12.2 Å². The number of nitrogens with one attached hydrogen (secondary N) is 1. The van der Waals surface area contributed by atoms with Crippen molar-refractivity contribution in [1.29, 1.82) is 0 Å². The SMILES string of the molecule is CCNC1CCC(N(C)S(=O)(=O)c2ccccc2F)CC1. The van der Waals surface area contributed by atoms with E-state index in [1.807, 2.05) is 0 Å². The van der Waals surface area contributed by atoms with E-state index in [-0.39, 0.29) is 10.9 Å². The molecule has 6 heteroatoms. The highest BCUT2D eigenvalue weighted by molar-refractivity contribution is 7.89. The van der Waals surface area contributed by atoms with Gasteiger partial charge in [-0.25, -0.2) is 12.8 Å².